The van der Waals surface area contributed by atoms with E-state index in [1.807, 2.05) is 6.92 Å². The highest BCUT2D eigenvalue weighted by atomic mass is 16.6. The van der Waals surface area contributed by atoms with Gasteiger partial charge in [0.25, 0.3) is 17.2 Å². The fourth-order valence-electron chi connectivity index (χ4n) is 2.86. The SMILES string of the molecule is CCc1ccccc1-n1c(O)c(C=NNC(=O)c2ccc([N+](=O)[O-])cc2)c(=O)[nH]c1=O. The van der Waals surface area contributed by atoms with Gasteiger partial charge in [0.05, 0.1) is 16.8 Å². The number of benzene rings is 2. The van der Waals surface area contributed by atoms with Gasteiger partial charge in [0.1, 0.15) is 5.56 Å². The summed E-state index contributed by atoms with van der Waals surface area (Å²) in [6.45, 7) is 1.88. The molecule has 0 saturated heterocycles. The molecular formula is C20H17N5O6. The molecule has 0 fully saturated rings. The molecule has 0 aliphatic carbocycles. The molecule has 0 atom stereocenters. The Kier molecular flexibility index (Phi) is 6.05. The minimum absolute atomic E-state index is 0.0997. The molecule has 11 heteroatoms. The molecule has 0 bridgehead atoms. The number of H-pyrrole nitrogens is 1. The van der Waals surface area contributed by atoms with Gasteiger partial charge in [0, 0.05) is 17.7 Å². The Bertz CT molecular complexity index is 1290. The van der Waals surface area contributed by atoms with E-state index in [9.17, 15) is 29.6 Å². The van der Waals surface area contributed by atoms with Crippen molar-refractivity contribution in [2.75, 3.05) is 0 Å². The monoisotopic (exact) mass is 423 g/mol. The predicted molar refractivity (Wildman–Crippen MR) is 112 cm³/mol. The third-order valence-electron chi connectivity index (χ3n) is 4.43. The zero-order valence-electron chi connectivity index (χ0n) is 16.2. The van der Waals surface area contributed by atoms with E-state index >= 15 is 0 Å². The van der Waals surface area contributed by atoms with E-state index in [2.05, 4.69) is 15.5 Å². The third kappa shape index (κ3) is 4.40. The van der Waals surface area contributed by atoms with Crippen molar-refractivity contribution in [1.82, 2.24) is 15.0 Å². The first-order chi connectivity index (χ1) is 14.8. The first-order valence-electron chi connectivity index (χ1n) is 9.08. The number of aryl methyl sites for hydroxylation is 1. The summed E-state index contributed by atoms with van der Waals surface area (Å²) < 4.78 is 0.944. The molecule has 1 aromatic heterocycles. The van der Waals surface area contributed by atoms with Crippen molar-refractivity contribution in [3.63, 3.8) is 0 Å². The molecule has 158 valence electrons. The van der Waals surface area contributed by atoms with Crippen LogP contribution in [-0.2, 0) is 6.42 Å². The lowest BCUT2D eigenvalue weighted by atomic mass is 10.1. The van der Waals surface area contributed by atoms with Crippen LogP contribution in [0.4, 0.5) is 5.69 Å². The number of non-ortho nitro benzene ring substituents is 1. The van der Waals surface area contributed by atoms with Gasteiger partial charge < -0.3 is 5.11 Å². The zero-order chi connectivity index (χ0) is 22.5. The number of nitro benzene ring substituents is 1. The molecule has 0 aliphatic heterocycles. The average molecular weight is 423 g/mol. The van der Waals surface area contributed by atoms with Gasteiger partial charge in [-0.15, -0.1) is 0 Å². The molecule has 0 saturated carbocycles. The topological polar surface area (TPSA) is 160 Å². The van der Waals surface area contributed by atoms with Crippen LogP contribution in [0.2, 0.25) is 0 Å². The number of carbonyl (C=O) groups is 1. The van der Waals surface area contributed by atoms with Crippen molar-refractivity contribution in [3.05, 3.63) is 96.2 Å². The van der Waals surface area contributed by atoms with Gasteiger partial charge in [-0.1, -0.05) is 25.1 Å². The molecule has 11 nitrogen and oxygen atoms in total. The molecule has 3 aromatic rings. The lowest BCUT2D eigenvalue weighted by molar-refractivity contribution is -0.384. The Hall–Kier alpha value is -4.54. The molecule has 31 heavy (non-hydrogen) atoms. The summed E-state index contributed by atoms with van der Waals surface area (Å²) in [5.41, 5.74) is 1.19. The molecule has 3 N–H and O–H groups in total. The van der Waals surface area contributed by atoms with Crippen LogP contribution in [0.25, 0.3) is 5.69 Å². The number of hydrazone groups is 1. The summed E-state index contributed by atoms with van der Waals surface area (Å²) in [6.07, 6.45) is 1.48. The van der Waals surface area contributed by atoms with Crippen molar-refractivity contribution in [1.29, 1.82) is 0 Å². The number of hydrogen-bond donors (Lipinski definition) is 3. The maximum absolute atomic E-state index is 12.3. The van der Waals surface area contributed by atoms with Crippen molar-refractivity contribution in [3.8, 4) is 11.6 Å². The van der Waals surface area contributed by atoms with Crippen LogP contribution in [-0.4, -0.2) is 31.7 Å². The molecule has 0 aliphatic rings. The van der Waals surface area contributed by atoms with E-state index in [1.54, 1.807) is 24.3 Å². The molecule has 3 rings (SSSR count). The minimum atomic E-state index is -0.888. The molecule has 1 amide bonds. The molecule has 0 unspecified atom stereocenters. The van der Waals surface area contributed by atoms with Crippen molar-refractivity contribution < 1.29 is 14.8 Å². The number of hydrogen-bond acceptors (Lipinski definition) is 7. The highest BCUT2D eigenvalue weighted by Crippen LogP contribution is 2.19. The number of aromatic hydroxyl groups is 1. The van der Waals surface area contributed by atoms with Crippen LogP contribution >= 0.6 is 0 Å². The number of para-hydroxylation sites is 1. The molecule has 0 spiro atoms. The van der Waals surface area contributed by atoms with Crippen LogP contribution in [0, 0.1) is 10.1 Å². The summed E-state index contributed by atoms with van der Waals surface area (Å²) in [5, 5.41) is 24.9. The summed E-state index contributed by atoms with van der Waals surface area (Å²) in [7, 11) is 0. The number of aromatic amines is 1. The fourth-order valence-corrected chi connectivity index (χ4v) is 2.86. The van der Waals surface area contributed by atoms with Gasteiger partial charge in [-0.25, -0.2) is 14.8 Å². The first-order valence-corrected chi connectivity index (χ1v) is 9.08. The average Bonchev–Trinajstić information content (AvgIpc) is 2.76. The standard InChI is InChI=1S/C20H17N5O6/c1-2-12-5-3-4-6-16(12)24-19(28)15(18(27)22-20(24)29)11-21-23-17(26)13-7-9-14(10-8-13)25(30)31/h3-11,28H,2H2,1H3,(H,23,26)(H,22,27,29). The largest absolute Gasteiger partial charge is 0.493 e. The Labute approximate surface area is 174 Å². The van der Waals surface area contributed by atoms with Crippen LogP contribution in [0.3, 0.4) is 0 Å². The second kappa shape index (κ2) is 8.86. The lowest BCUT2D eigenvalue weighted by Gasteiger charge is -2.13. The Morgan fingerprint density at radius 2 is 1.90 bits per heavy atom. The first kappa shape index (κ1) is 21.2. The van der Waals surface area contributed by atoms with Crippen LogP contribution in [0.1, 0.15) is 28.4 Å². The third-order valence-corrected chi connectivity index (χ3v) is 4.43. The van der Waals surface area contributed by atoms with Gasteiger partial charge >= 0.3 is 5.69 Å². The second-order valence-corrected chi connectivity index (χ2v) is 6.32. The second-order valence-electron chi connectivity index (χ2n) is 6.32. The van der Waals surface area contributed by atoms with Gasteiger partial charge in [-0.3, -0.25) is 24.7 Å². The van der Waals surface area contributed by atoms with Crippen LogP contribution < -0.4 is 16.7 Å². The van der Waals surface area contributed by atoms with Crippen LogP contribution in [0.5, 0.6) is 5.88 Å². The number of nitrogens with one attached hydrogen (secondary N) is 2. The quantitative estimate of drug-likeness (QED) is 0.309. The maximum atomic E-state index is 12.3. The highest BCUT2D eigenvalue weighted by molar-refractivity contribution is 5.95. The summed E-state index contributed by atoms with van der Waals surface area (Å²) >= 11 is 0. The van der Waals surface area contributed by atoms with Crippen molar-refractivity contribution >= 4 is 17.8 Å². The Morgan fingerprint density at radius 1 is 1.23 bits per heavy atom. The number of nitrogens with zero attached hydrogens (tertiary/aromatic N) is 3. The van der Waals surface area contributed by atoms with Gasteiger partial charge in [0.15, 0.2) is 0 Å². The molecule has 2 aromatic carbocycles. The summed E-state index contributed by atoms with van der Waals surface area (Å²) in [4.78, 5) is 48.8. The van der Waals surface area contributed by atoms with E-state index in [-0.39, 0.29) is 16.8 Å². The molecule has 1 heterocycles. The minimum Gasteiger partial charge on any atom is -0.493 e. The van der Waals surface area contributed by atoms with Crippen molar-refractivity contribution in [2.24, 2.45) is 5.10 Å². The van der Waals surface area contributed by atoms with E-state index in [0.717, 1.165) is 28.5 Å². The number of nitro groups is 1. The lowest BCUT2D eigenvalue weighted by Crippen LogP contribution is -2.32. The maximum Gasteiger partial charge on any atom is 0.335 e. The number of amides is 1. The molecule has 0 radical (unpaired) electrons. The van der Waals surface area contributed by atoms with Gasteiger partial charge in [-0.05, 0) is 30.2 Å². The van der Waals surface area contributed by atoms with E-state index in [0.29, 0.717) is 12.1 Å². The van der Waals surface area contributed by atoms with Crippen LogP contribution in [0.15, 0.2) is 63.2 Å². The normalized spacial score (nSPS) is 10.9. The zero-order valence-corrected chi connectivity index (χ0v) is 16.2. The highest BCUT2D eigenvalue weighted by Gasteiger charge is 2.16. The predicted octanol–water partition coefficient (Wildman–Crippen LogP) is 1.47. The van der Waals surface area contributed by atoms with E-state index in [4.69, 9.17) is 0 Å². The summed E-state index contributed by atoms with van der Waals surface area (Å²) in [6, 6.07) is 11.7. The molecular weight excluding hydrogens is 406 g/mol. The number of aromatic nitrogens is 2. The number of rotatable bonds is 6. The Balaban J connectivity index is 1.90. The fraction of sp³-hybridized carbons (Fsp3) is 0.100. The van der Waals surface area contributed by atoms with E-state index < -0.39 is 28.0 Å². The smallest absolute Gasteiger partial charge is 0.335 e. The number of carbonyl (C=O) groups excluding carboxylic acids is 1. The van der Waals surface area contributed by atoms with E-state index in [1.165, 1.54) is 12.1 Å². The Morgan fingerprint density at radius 3 is 2.55 bits per heavy atom. The van der Waals surface area contributed by atoms with Crippen molar-refractivity contribution in [2.45, 2.75) is 13.3 Å². The summed E-state index contributed by atoms with van der Waals surface area (Å²) in [5.74, 6) is -1.32. The van der Waals surface area contributed by atoms with Gasteiger partial charge in [-0.2, -0.15) is 5.10 Å². The van der Waals surface area contributed by atoms with Gasteiger partial charge in [0.2, 0.25) is 5.88 Å².